The fourth-order valence-electron chi connectivity index (χ4n) is 1.65. The number of alkyl halides is 1. The van der Waals surface area contributed by atoms with E-state index in [2.05, 4.69) is 5.32 Å². The van der Waals surface area contributed by atoms with Crippen LogP contribution in [0.4, 0.5) is 0 Å². The van der Waals surface area contributed by atoms with Crippen LogP contribution in [0.3, 0.4) is 0 Å². The summed E-state index contributed by atoms with van der Waals surface area (Å²) in [5, 5.41) is 2.56. The lowest BCUT2D eigenvalue weighted by Crippen LogP contribution is -2.42. The number of amides is 3. The van der Waals surface area contributed by atoms with Crippen LogP contribution >= 0.6 is 11.6 Å². The summed E-state index contributed by atoms with van der Waals surface area (Å²) in [7, 11) is 3.23. The van der Waals surface area contributed by atoms with E-state index in [0.29, 0.717) is 6.42 Å². The molecule has 0 aliphatic rings. The van der Waals surface area contributed by atoms with Crippen LogP contribution in [0.5, 0.6) is 0 Å². The lowest BCUT2D eigenvalue weighted by atomic mass is 10.0. The van der Waals surface area contributed by atoms with Gasteiger partial charge in [0.15, 0.2) is 5.78 Å². The van der Waals surface area contributed by atoms with Crippen molar-refractivity contribution in [3.8, 4) is 0 Å². The quantitative estimate of drug-likeness (QED) is 0.550. The van der Waals surface area contributed by atoms with Crippen LogP contribution in [-0.4, -0.2) is 54.4 Å². The maximum Gasteiger partial charge on any atom is 0.222 e. The molecule has 126 valence electrons. The Morgan fingerprint density at radius 1 is 1.14 bits per heavy atom. The zero-order valence-corrected chi connectivity index (χ0v) is 14.0. The number of carbonyl (C=O) groups excluding carboxylic acids is 4. The van der Waals surface area contributed by atoms with Crippen molar-refractivity contribution in [2.24, 2.45) is 11.7 Å². The van der Waals surface area contributed by atoms with Crippen LogP contribution in [-0.2, 0) is 19.2 Å². The predicted molar refractivity (Wildman–Crippen MR) is 83.2 cm³/mol. The molecule has 0 aromatic heterocycles. The third-order valence-corrected chi connectivity index (χ3v) is 3.55. The third-order valence-electron chi connectivity index (χ3n) is 3.29. The number of nitrogens with two attached hydrogens (primary N) is 1. The summed E-state index contributed by atoms with van der Waals surface area (Å²) in [6, 6.07) is -0.794. The number of ketones is 1. The van der Waals surface area contributed by atoms with Crippen molar-refractivity contribution in [1.82, 2.24) is 10.2 Å². The Balaban J connectivity index is 4.46. The van der Waals surface area contributed by atoms with Crippen molar-refractivity contribution in [1.29, 1.82) is 0 Å². The molecule has 7 nitrogen and oxygen atoms in total. The molecule has 0 aliphatic carbocycles. The average Bonchev–Trinajstić information content (AvgIpc) is 2.47. The fourth-order valence-corrected chi connectivity index (χ4v) is 1.84. The molecule has 3 N–H and O–H groups in total. The van der Waals surface area contributed by atoms with E-state index in [0.717, 1.165) is 0 Å². The van der Waals surface area contributed by atoms with E-state index in [4.69, 9.17) is 17.3 Å². The van der Waals surface area contributed by atoms with Gasteiger partial charge in [0.05, 0.1) is 11.9 Å². The van der Waals surface area contributed by atoms with E-state index in [-0.39, 0.29) is 42.7 Å². The number of nitrogens with zero attached hydrogens (tertiary/aromatic N) is 1. The number of Topliss-reactive ketones (excluding diaryl/α,β-unsaturated/α-hetero) is 1. The third kappa shape index (κ3) is 7.97. The highest BCUT2D eigenvalue weighted by Crippen LogP contribution is 2.07. The van der Waals surface area contributed by atoms with Crippen LogP contribution in [0, 0.1) is 5.92 Å². The number of nitrogens with one attached hydrogen (secondary N) is 1. The molecule has 0 spiro atoms. The van der Waals surface area contributed by atoms with Crippen LogP contribution in [0.15, 0.2) is 0 Å². The van der Waals surface area contributed by atoms with Gasteiger partial charge < -0.3 is 16.0 Å². The number of hydrogen-bond donors (Lipinski definition) is 2. The van der Waals surface area contributed by atoms with Crippen molar-refractivity contribution in [3.63, 3.8) is 0 Å². The molecule has 0 saturated heterocycles. The number of carbonyl (C=O) groups is 4. The van der Waals surface area contributed by atoms with Crippen molar-refractivity contribution in [2.45, 2.75) is 38.6 Å². The van der Waals surface area contributed by atoms with Crippen LogP contribution in [0.25, 0.3) is 0 Å². The zero-order valence-electron chi connectivity index (χ0n) is 13.2. The Kier molecular flexibility index (Phi) is 9.40. The van der Waals surface area contributed by atoms with Crippen LogP contribution < -0.4 is 11.1 Å². The van der Waals surface area contributed by atoms with Gasteiger partial charge in [-0.15, -0.1) is 11.6 Å². The molecule has 0 aromatic carbocycles. The molecule has 0 radical (unpaired) electrons. The molecule has 0 aromatic rings. The van der Waals surface area contributed by atoms with Crippen molar-refractivity contribution in [3.05, 3.63) is 0 Å². The Bertz CT molecular complexity index is 426. The second-order valence-corrected chi connectivity index (χ2v) is 5.66. The largest absolute Gasteiger partial charge is 0.369 e. The van der Waals surface area contributed by atoms with Gasteiger partial charge in [-0.05, 0) is 12.8 Å². The monoisotopic (exact) mass is 333 g/mol. The summed E-state index contributed by atoms with van der Waals surface area (Å²) in [6.07, 6.45) is 0.718. The molecular weight excluding hydrogens is 310 g/mol. The van der Waals surface area contributed by atoms with E-state index >= 15 is 0 Å². The van der Waals surface area contributed by atoms with E-state index in [9.17, 15) is 19.2 Å². The highest BCUT2D eigenvalue weighted by molar-refractivity contribution is 6.28. The molecular formula is C14H24ClN3O4. The van der Waals surface area contributed by atoms with Gasteiger partial charge >= 0.3 is 0 Å². The predicted octanol–water partition coefficient (Wildman–Crippen LogP) is 0.0491. The summed E-state index contributed by atoms with van der Waals surface area (Å²) in [5.41, 5.74) is 5.12. The number of primary amides is 1. The van der Waals surface area contributed by atoms with Gasteiger partial charge in [0.2, 0.25) is 17.7 Å². The normalized spacial score (nSPS) is 13.1. The highest BCUT2D eigenvalue weighted by Gasteiger charge is 2.22. The highest BCUT2D eigenvalue weighted by atomic mass is 35.5. The molecule has 2 atom stereocenters. The number of halogens is 1. The Labute approximate surface area is 135 Å². The van der Waals surface area contributed by atoms with Gasteiger partial charge in [0.1, 0.15) is 0 Å². The standard InChI is InChI=1S/C14H24ClN3O4/c1-9(14(16)22)4-6-12(20)17-10(11(19)8-15)5-7-13(21)18(2)3/h9-10H,4-8H2,1-3H3,(H2,16,22)(H,17,20). The maximum absolute atomic E-state index is 11.8. The Hall–Kier alpha value is -1.63. The van der Waals surface area contributed by atoms with E-state index in [1.807, 2.05) is 0 Å². The molecule has 8 heteroatoms. The zero-order chi connectivity index (χ0) is 17.3. The second-order valence-electron chi connectivity index (χ2n) is 5.39. The van der Waals surface area contributed by atoms with Gasteiger partial charge in [0.25, 0.3) is 0 Å². The first kappa shape index (κ1) is 20.4. The van der Waals surface area contributed by atoms with E-state index in [1.54, 1.807) is 21.0 Å². The minimum Gasteiger partial charge on any atom is -0.369 e. The van der Waals surface area contributed by atoms with Crippen LogP contribution in [0.2, 0.25) is 0 Å². The van der Waals surface area contributed by atoms with Crippen molar-refractivity contribution in [2.75, 3.05) is 20.0 Å². The lowest BCUT2D eigenvalue weighted by molar-refractivity contribution is -0.131. The van der Waals surface area contributed by atoms with Crippen molar-refractivity contribution >= 4 is 35.1 Å². The molecule has 0 bridgehead atoms. The first-order valence-electron chi connectivity index (χ1n) is 7.06. The summed E-state index contributed by atoms with van der Waals surface area (Å²) < 4.78 is 0. The van der Waals surface area contributed by atoms with Crippen molar-refractivity contribution < 1.29 is 19.2 Å². The van der Waals surface area contributed by atoms with E-state index < -0.39 is 17.9 Å². The minimum absolute atomic E-state index is 0.0812. The Morgan fingerprint density at radius 3 is 2.18 bits per heavy atom. The van der Waals surface area contributed by atoms with Gasteiger partial charge in [-0.2, -0.15) is 0 Å². The average molecular weight is 334 g/mol. The number of hydrogen-bond acceptors (Lipinski definition) is 4. The van der Waals surface area contributed by atoms with E-state index in [1.165, 1.54) is 4.90 Å². The summed E-state index contributed by atoms with van der Waals surface area (Å²) in [5.74, 6) is -1.97. The minimum atomic E-state index is -0.794. The lowest BCUT2D eigenvalue weighted by Gasteiger charge is -2.18. The summed E-state index contributed by atoms with van der Waals surface area (Å²) in [4.78, 5) is 47.4. The molecule has 22 heavy (non-hydrogen) atoms. The summed E-state index contributed by atoms with van der Waals surface area (Å²) in [6.45, 7) is 1.63. The molecule has 2 unspecified atom stereocenters. The second kappa shape index (κ2) is 10.2. The fraction of sp³-hybridized carbons (Fsp3) is 0.714. The molecule has 0 aliphatic heterocycles. The molecule has 0 rings (SSSR count). The topological polar surface area (TPSA) is 110 Å². The summed E-state index contributed by atoms with van der Waals surface area (Å²) >= 11 is 5.52. The smallest absolute Gasteiger partial charge is 0.222 e. The van der Waals surface area contributed by atoms with Crippen LogP contribution in [0.1, 0.15) is 32.6 Å². The SMILES string of the molecule is CC(CCC(=O)NC(CCC(=O)N(C)C)C(=O)CCl)C(N)=O. The molecule has 0 fully saturated rings. The van der Waals surface area contributed by atoms with Gasteiger partial charge in [-0.3, -0.25) is 19.2 Å². The first-order valence-corrected chi connectivity index (χ1v) is 7.60. The van der Waals surface area contributed by atoms with Gasteiger partial charge in [-0.1, -0.05) is 6.92 Å². The first-order chi connectivity index (χ1) is 10.2. The molecule has 3 amide bonds. The molecule has 0 saturated carbocycles. The number of rotatable bonds is 10. The van der Waals surface area contributed by atoms with Gasteiger partial charge in [0, 0.05) is 32.9 Å². The molecule has 0 heterocycles. The van der Waals surface area contributed by atoms with Gasteiger partial charge in [-0.25, -0.2) is 0 Å². The Morgan fingerprint density at radius 2 is 1.73 bits per heavy atom. The maximum atomic E-state index is 11.8.